The number of phenolic OH excluding ortho intramolecular Hbond substituents is 6. The Morgan fingerprint density at radius 3 is 1.91 bits per heavy atom. The van der Waals surface area contributed by atoms with Gasteiger partial charge in [-0.3, -0.25) is 0 Å². The van der Waals surface area contributed by atoms with E-state index < -0.39 is 12.0 Å². The van der Waals surface area contributed by atoms with Gasteiger partial charge in [0.25, 0.3) is 0 Å². The van der Waals surface area contributed by atoms with Crippen LogP contribution in [0.5, 0.6) is 40.2 Å². The summed E-state index contributed by atoms with van der Waals surface area (Å²) in [5.41, 5.74) is 3.02. The van der Waals surface area contributed by atoms with E-state index >= 15 is 0 Å². The molecule has 0 saturated heterocycles. The van der Waals surface area contributed by atoms with Crippen LogP contribution in [0, 0.1) is 0 Å². The third-order valence-corrected chi connectivity index (χ3v) is 5.98. The molecule has 0 bridgehead atoms. The standard InChI is InChI=1S/C28H22O7/c29-19-6-3-15(4-7-19)1-2-16-9-24(34)27-25(10-16)35-28(17-5-8-22(32)23(33)13-17)26(27)18-11-20(30)14-21(31)12-18/h1-14,26,28-34H/b2-1+/t26-,28+/m0/s1. The summed E-state index contributed by atoms with van der Waals surface area (Å²) in [5, 5.41) is 60.4. The fourth-order valence-electron chi connectivity index (χ4n) is 4.39. The summed E-state index contributed by atoms with van der Waals surface area (Å²) in [6.45, 7) is 0. The molecule has 35 heavy (non-hydrogen) atoms. The third-order valence-electron chi connectivity index (χ3n) is 5.98. The van der Waals surface area contributed by atoms with Crippen molar-refractivity contribution in [2.24, 2.45) is 0 Å². The zero-order valence-corrected chi connectivity index (χ0v) is 18.3. The molecular formula is C28H22O7. The van der Waals surface area contributed by atoms with Crippen molar-refractivity contribution in [1.82, 2.24) is 0 Å². The lowest BCUT2D eigenvalue weighted by molar-refractivity contribution is 0.221. The summed E-state index contributed by atoms with van der Waals surface area (Å²) in [5.74, 6) is -0.973. The molecule has 6 N–H and O–H groups in total. The van der Waals surface area contributed by atoms with Crippen molar-refractivity contribution in [3.63, 3.8) is 0 Å². The molecule has 0 aromatic heterocycles. The first-order valence-corrected chi connectivity index (χ1v) is 10.8. The normalized spacial score (nSPS) is 16.8. The highest BCUT2D eigenvalue weighted by atomic mass is 16.5. The minimum atomic E-state index is -0.722. The maximum Gasteiger partial charge on any atom is 0.157 e. The van der Waals surface area contributed by atoms with Crippen LogP contribution in [-0.2, 0) is 0 Å². The second-order valence-electron chi connectivity index (χ2n) is 8.42. The van der Waals surface area contributed by atoms with Gasteiger partial charge in [0.15, 0.2) is 11.5 Å². The van der Waals surface area contributed by atoms with Crippen molar-refractivity contribution in [2.45, 2.75) is 12.0 Å². The van der Waals surface area contributed by atoms with Crippen molar-refractivity contribution in [2.75, 3.05) is 0 Å². The molecule has 0 unspecified atom stereocenters. The zero-order valence-electron chi connectivity index (χ0n) is 18.3. The fraction of sp³-hybridized carbons (Fsp3) is 0.0714. The van der Waals surface area contributed by atoms with Gasteiger partial charge in [0.2, 0.25) is 0 Å². The molecule has 7 nitrogen and oxygen atoms in total. The molecule has 0 aliphatic carbocycles. The molecule has 1 aliphatic rings. The van der Waals surface area contributed by atoms with Gasteiger partial charge in [-0.25, -0.2) is 0 Å². The van der Waals surface area contributed by atoms with Crippen LogP contribution in [0.1, 0.15) is 39.8 Å². The Morgan fingerprint density at radius 2 is 1.23 bits per heavy atom. The van der Waals surface area contributed by atoms with E-state index in [1.165, 1.54) is 30.3 Å². The van der Waals surface area contributed by atoms with E-state index in [-0.39, 0.29) is 34.5 Å². The van der Waals surface area contributed by atoms with Gasteiger partial charge in [-0.2, -0.15) is 0 Å². The van der Waals surface area contributed by atoms with Crippen LogP contribution in [-0.4, -0.2) is 30.6 Å². The molecule has 0 fully saturated rings. The third kappa shape index (κ3) is 4.27. The van der Waals surface area contributed by atoms with E-state index in [1.807, 2.05) is 6.08 Å². The average Bonchev–Trinajstić information content (AvgIpc) is 3.20. The first-order valence-electron chi connectivity index (χ1n) is 10.8. The lowest BCUT2D eigenvalue weighted by Gasteiger charge is -2.21. The summed E-state index contributed by atoms with van der Waals surface area (Å²) in [6.07, 6.45) is 2.90. The van der Waals surface area contributed by atoms with Crippen LogP contribution in [0.3, 0.4) is 0 Å². The van der Waals surface area contributed by atoms with E-state index in [0.717, 1.165) is 5.56 Å². The van der Waals surface area contributed by atoms with E-state index in [0.29, 0.717) is 28.0 Å². The molecule has 0 radical (unpaired) electrons. The minimum Gasteiger partial charge on any atom is -0.508 e. The highest BCUT2D eigenvalue weighted by Gasteiger charge is 2.40. The van der Waals surface area contributed by atoms with Gasteiger partial charge in [-0.1, -0.05) is 30.4 Å². The van der Waals surface area contributed by atoms with Gasteiger partial charge < -0.3 is 35.4 Å². The number of hydrogen-bond acceptors (Lipinski definition) is 7. The van der Waals surface area contributed by atoms with Gasteiger partial charge in [-0.15, -0.1) is 0 Å². The maximum absolute atomic E-state index is 11.0. The Morgan fingerprint density at radius 1 is 0.543 bits per heavy atom. The van der Waals surface area contributed by atoms with Crippen molar-refractivity contribution < 1.29 is 35.4 Å². The molecule has 0 spiro atoms. The van der Waals surface area contributed by atoms with Gasteiger partial charge in [-0.05, 0) is 70.8 Å². The minimum absolute atomic E-state index is 0.0359. The number of ether oxygens (including phenoxy) is 1. The largest absolute Gasteiger partial charge is 0.508 e. The van der Waals surface area contributed by atoms with Crippen molar-refractivity contribution in [3.05, 3.63) is 101 Å². The summed E-state index contributed by atoms with van der Waals surface area (Å²) in [4.78, 5) is 0. The number of aromatic hydroxyl groups is 6. The first-order chi connectivity index (χ1) is 16.8. The Labute approximate surface area is 200 Å². The predicted molar refractivity (Wildman–Crippen MR) is 130 cm³/mol. The fourth-order valence-corrected chi connectivity index (χ4v) is 4.39. The van der Waals surface area contributed by atoms with Crippen LogP contribution in [0.2, 0.25) is 0 Å². The molecule has 1 heterocycles. The lowest BCUT2D eigenvalue weighted by Crippen LogP contribution is -2.11. The van der Waals surface area contributed by atoms with Gasteiger partial charge in [0, 0.05) is 11.6 Å². The van der Waals surface area contributed by atoms with Gasteiger partial charge in [0.05, 0.1) is 5.92 Å². The highest BCUT2D eigenvalue weighted by molar-refractivity contribution is 5.73. The second-order valence-corrected chi connectivity index (χ2v) is 8.42. The Balaban J connectivity index is 1.60. The molecule has 176 valence electrons. The Hall–Kier alpha value is -4.78. The highest BCUT2D eigenvalue weighted by Crippen LogP contribution is 2.54. The van der Waals surface area contributed by atoms with Crippen LogP contribution in [0.25, 0.3) is 12.2 Å². The molecule has 2 atom stereocenters. The van der Waals surface area contributed by atoms with Crippen molar-refractivity contribution in [3.8, 4) is 40.2 Å². The van der Waals surface area contributed by atoms with E-state index in [2.05, 4.69) is 0 Å². The maximum atomic E-state index is 11.0. The summed E-state index contributed by atoms with van der Waals surface area (Å²) < 4.78 is 6.24. The molecule has 4 aromatic carbocycles. The first kappa shape index (κ1) is 22.0. The quantitative estimate of drug-likeness (QED) is 0.175. The predicted octanol–water partition coefficient (Wildman–Crippen LogP) is 5.36. The van der Waals surface area contributed by atoms with E-state index in [4.69, 9.17) is 4.74 Å². The average molecular weight is 470 g/mol. The smallest absolute Gasteiger partial charge is 0.157 e. The summed E-state index contributed by atoms with van der Waals surface area (Å²) in [6, 6.07) is 18.5. The second kappa shape index (κ2) is 8.53. The Kier molecular flexibility index (Phi) is 5.37. The summed E-state index contributed by atoms with van der Waals surface area (Å²) >= 11 is 0. The lowest BCUT2D eigenvalue weighted by atomic mass is 9.84. The monoisotopic (exact) mass is 470 g/mol. The van der Waals surface area contributed by atoms with Gasteiger partial charge >= 0.3 is 0 Å². The van der Waals surface area contributed by atoms with Crippen LogP contribution < -0.4 is 4.74 Å². The van der Waals surface area contributed by atoms with Crippen LogP contribution in [0.15, 0.2) is 72.8 Å². The van der Waals surface area contributed by atoms with E-state index in [9.17, 15) is 30.6 Å². The molecule has 5 rings (SSSR count). The molecule has 1 aliphatic heterocycles. The number of rotatable bonds is 4. The van der Waals surface area contributed by atoms with Crippen LogP contribution in [0.4, 0.5) is 0 Å². The molecular weight excluding hydrogens is 448 g/mol. The van der Waals surface area contributed by atoms with Crippen molar-refractivity contribution in [1.29, 1.82) is 0 Å². The molecule has 0 saturated carbocycles. The Bertz CT molecular complexity index is 1420. The topological polar surface area (TPSA) is 131 Å². The number of phenols is 6. The van der Waals surface area contributed by atoms with Crippen molar-refractivity contribution >= 4 is 12.2 Å². The summed E-state index contributed by atoms with van der Waals surface area (Å²) in [7, 11) is 0. The SMILES string of the molecule is Oc1ccc(/C=C/c2cc(O)c3c(c2)O[C@H](c2ccc(O)c(O)c2)[C@H]3c2cc(O)cc(O)c2)cc1. The van der Waals surface area contributed by atoms with Crippen LogP contribution >= 0.6 is 0 Å². The molecule has 0 amide bonds. The zero-order chi connectivity index (χ0) is 24.7. The molecule has 7 heteroatoms. The van der Waals surface area contributed by atoms with E-state index in [1.54, 1.807) is 48.5 Å². The molecule has 4 aromatic rings. The number of benzene rings is 4. The number of hydrogen-bond donors (Lipinski definition) is 6. The number of fused-ring (bicyclic) bond motifs is 1. The van der Waals surface area contributed by atoms with Gasteiger partial charge in [0.1, 0.15) is 34.9 Å².